The van der Waals surface area contributed by atoms with Gasteiger partial charge in [-0.2, -0.15) is 0 Å². The molecule has 0 saturated heterocycles. The van der Waals surface area contributed by atoms with Gasteiger partial charge in [-0.1, -0.05) is 105 Å². The molecule has 0 N–H and O–H groups in total. The second-order valence-electron chi connectivity index (χ2n) is 14.4. The number of fused-ring (bicyclic) bond motifs is 7. The van der Waals surface area contributed by atoms with Crippen LogP contribution >= 0.6 is 0 Å². The summed E-state index contributed by atoms with van der Waals surface area (Å²) in [6.07, 6.45) is 2.63. The molecule has 5 heteroatoms. The predicted molar refractivity (Wildman–Crippen MR) is 214 cm³/mol. The van der Waals surface area contributed by atoms with Gasteiger partial charge in [0.2, 0.25) is 0 Å². The maximum atomic E-state index is 5.05. The van der Waals surface area contributed by atoms with E-state index in [0.29, 0.717) is 0 Å². The smallest absolute Gasteiger partial charge is 0.140 e. The van der Waals surface area contributed by atoms with E-state index in [2.05, 4.69) is 181 Å². The summed E-state index contributed by atoms with van der Waals surface area (Å²) in [5.74, 6) is 1.88. The van der Waals surface area contributed by atoms with Gasteiger partial charge in [-0.25, -0.2) is 9.97 Å². The molecule has 4 heterocycles. The molecule has 10 rings (SSSR count). The topological polar surface area (TPSA) is 38.9 Å². The zero-order valence-electron chi connectivity index (χ0n) is 29.5. The first-order chi connectivity index (χ1) is 25.5. The highest BCUT2D eigenvalue weighted by Crippen LogP contribution is 2.57. The molecule has 0 spiro atoms. The first kappa shape index (κ1) is 30.4. The number of pyridine rings is 1. The van der Waals surface area contributed by atoms with Crippen molar-refractivity contribution in [1.29, 1.82) is 0 Å². The second-order valence-corrected chi connectivity index (χ2v) is 14.4. The van der Waals surface area contributed by atoms with Crippen LogP contribution < -0.4 is 4.90 Å². The third-order valence-corrected chi connectivity index (χ3v) is 10.9. The number of benzene rings is 6. The van der Waals surface area contributed by atoms with Gasteiger partial charge in [0.15, 0.2) is 0 Å². The van der Waals surface area contributed by atoms with Crippen LogP contribution in [0.2, 0.25) is 0 Å². The Balaban J connectivity index is 1.29. The van der Waals surface area contributed by atoms with Crippen molar-refractivity contribution in [3.63, 3.8) is 0 Å². The van der Waals surface area contributed by atoms with E-state index < -0.39 is 0 Å². The Kier molecular flexibility index (Phi) is 6.74. The number of hydrogen-bond donors (Lipinski definition) is 0. The number of rotatable bonds is 5. The molecule has 1 aliphatic heterocycles. The van der Waals surface area contributed by atoms with Crippen LogP contribution in [0.5, 0.6) is 0 Å². The lowest BCUT2D eigenvalue weighted by atomic mass is 9.70. The summed E-state index contributed by atoms with van der Waals surface area (Å²) >= 11 is 0. The molecule has 250 valence electrons. The minimum Gasteiger partial charge on any atom is -0.327 e. The summed E-state index contributed by atoms with van der Waals surface area (Å²) in [4.78, 5) is 12.5. The van der Waals surface area contributed by atoms with Gasteiger partial charge in [-0.3, -0.25) is 4.57 Å². The molecule has 0 unspecified atom stereocenters. The number of para-hydroxylation sites is 5. The fourth-order valence-electron chi connectivity index (χ4n) is 8.64. The third kappa shape index (κ3) is 4.49. The molecule has 0 atom stereocenters. The molecule has 5 nitrogen and oxygen atoms in total. The highest BCUT2D eigenvalue weighted by atomic mass is 15.2. The Morgan fingerprint density at radius 1 is 0.654 bits per heavy atom. The van der Waals surface area contributed by atoms with Crippen molar-refractivity contribution in [2.45, 2.75) is 25.7 Å². The predicted octanol–water partition coefficient (Wildman–Crippen LogP) is 11.4. The van der Waals surface area contributed by atoms with Crippen molar-refractivity contribution in [3.05, 3.63) is 180 Å². The molecule has 0 aliphatic carbocycles. The summed E-state index contributed by atoms with van der Waals surface area (Å²) in [5.41, 5.74) is 14.0. The van der Waals surface area contributed by atoms with E-state index in [1.54, 1.807) is 0 Å². The van der Waals surface area contributed by atoms with E-state index in [1.165, 1.54) is 49.9 Å². The Labute approximate surface area is 303 Å². The normalized spacial score (nSPS) is 13.5. The van der Waals surface area contributed by atoms with Crippen LogP contribution in [0.25, 0.3) is 50.0 Å². The van der Waals surface area contributed by atoms with Crippen LogP contribution in [-0.4, -0.2) is 19.1 Å². The van der Waals surface area contributed by atoms with E-state index >= 15 is 0 Å². The van der Waals surface area contributed by atoms with Crippen molar-refractivity contribution in [3.8, 4) is 17.2 Å². The van der Waals surface area contributed by atoms with E-state index in [9.17, 15) is 0 Å². The summed E-state index contributed by atoms with van der Waals surface area (Å²) < 4.78 is 4.55. The van der Waals surface area contributed by atoms with E-state index in [0.717, 1.165) is 45.9 Å². The quantitative estimate of drug-likeness (QED) is 0.183. The van der Waals surface area contributed by atoms with Gasteiger partial charge < -0.3 is 9.47 Å². The van der Waals surface area contributed by atoms with Crippen LogP contribution in [-0.2, 0) is 18.9 Å². The van der Waals surface area contributed by atoms with Crippen molar-refractivity contribution in [2.75, 3.05) is 4.90 Å². The summed E-state index contributed by atoms with van der Waals surface area (Å²) in [6, 6.07) is 54.5. The number of anilines is 3. The first-order valence-electron chi connectivity index (χ1n) is 18.0. The SMILES string of the molecule is Cn1c(-c2cccc(Cc3cc4c(c5c3N(c3ccccc3)c3ccccc3C5(C)C)c3ccccc3n4-c3ccccn3)c2)nc2ccccc21. The molecule has 1 aliphatic rings. The van der Waals surface area contributed by atoms with Crippen molar-refractivity contribution < 1.29 is 0 Å². The lowest BCUT2D eigenvalue weighted by molar-refractivity contribution is 0.637. The van der Waals surface area contributed by atoms with Gasteiger partial charge in [0.25, 0.3) is 0 Å². The Morgan fingerprint density at radius 3 is 2.23 bits per heavy atom. The summed E-state index contributed by atoms with van der Waals surface area (Å²) in [7, 11) is 2.11. The Bertz CT molecular complexity index is 2810. The molecule has 3 aromatic heterocycles. The maximum absolute atomic E-state index is 5.05. The monoisotopic (exact) mass is 671 g/mol. The number of aryl methyl sites for hydroxylation is 1. The van der Waals surface area contributed by atoms with Crippen molar-refractivity contribution in [2.24, 2.45) is 7.05 Å². The molecule has 6 aromatic carbocycles. The molecule has 0 saturated carbocycles. The van der Waals surface area contributed by atoms with Gasteiger partial charge >= 0.3 is 0 Å². The number of aromatic nitrogens is 4. The van der Waals surface area contributed by atoms with Gasteiger partial charge in [0.05, 0.1) is 33.4 Å². The molecule has 9 aromatic rings. The molecule has 0 bridgehead atoms. The molecule has 0 radical (unpaired) electrons. The largest absolute Gasteiger partial charge is 0.327 e. The van der Waals surface area contributed by atoms with Crippen LogP contribution in [0.1, 0.15) is 36.1 Å². The fourth-order valence-corrected chi connectivity index (χ4v) is 8.64. The minimum atomic E-state index is -0.306. The number of hydrogen-bond acceptors (Lipinski definition) is 3. The Hall–Kier alpha value is -6.46. The Morgan fingerprint density at radius 2 is 1.40 bits per heavy atom. The van der Waals surface area contributed by atoms with Gasteiger partial charge in [-0.05, 0) is 89.3 Å². The minimum absolute atomic E-state index is 0.306. The fraction of sp³-hybridized carbons (Fsp3) is 0.106. The molecule has 52 heavy (non-hydrogen) atoms. The van der Waals surface area contributed by atoms with Crippen molar-refractivity contribution >= 4 is 49.9 Å². The highest BCUT2D eigenvalue weighted by molar-refractivity contribution is 6.15. The second kappa shape index (κ2) is 11.5. The van der Waals surface area contributed by atoms with Crippen molar-refractivity contribution in [1.82, 2.24) is 19.1 Å². The number of nitrogens with zero attached hydrogens (tertiary/aromatic N) is 5. The summed E-state index contributed by atoms with van der Waals surface area (Å²) in [5, 5.41) is 2.50. The zero-order valence-corrected chi connectivity index (χ0v) is 29.5. The average molecular weight is 672 g/mol. The number of imidazole rings is 1. The van der Waals surface area contributed by atoms with Crippen LogP contribution in [0.4, 0.5) is 17.1 Å². The summed E-state index contributed by atoms with van der Waals surface area (Å²) in [6.45, 7) is 4.80. The van der Waals surface area contributed by atoms with Crippen LogP contribution in [0, 0.1) is 0 Å². The van der Waals surface area contributed by atoms with E-state index in [4.69, 9.17) is 9.97 Å². The van der Waals surface area contributed by atoms with Gasteiger partial charge in [-0.15, -0.1) is 0 Å². The zero-order chi connectivity index (χ0) is 35.0. The molecule has 0 fully saturated rings. The lowest BCUT2D eigenvalue weighted by Crippen LogP contribution is -2.32. The molecular formula is C47H37N5. The average Bonchev–Trinajstić information content (AvgIpc) is 3.70. The molecule has 0 amide bonds. The van der Waals surface area contributed by atoms with E-state index in [1.807, 2.05) is 12.3 Å². The van der Waals surface area contributed by atoms with Gasteiger partial charge in [0.1, 0.15) is 11.6 Å². The maximum Gasteiger partial charge on any atom is 0.140 e. The standard InChI is InChI=1S/C47H37N5/c1-47(2)36-21-8-11-24-39(36)51(34-18-5-4-6-19-34)45-33(29-31-16-15-17-32(28-31)46-49-37-22-9-12-25-40(37)50(46)3)30-41-43(44(45)47)35-20-7-10-23-38(35)52(41)42-26-13-14-27-48-42/h4-28,30H,29H2,1-3H3. The first-order valence-corrected chi connectivity index (χ1v) is 18.0. The third-order valence-electron chi connectivity index (χ3n) is 10.9. The van der Waals surface area contributed by atoms with E-state index in [-0.39, 0.29) is 5.41 Å². The lowest BCUT2D eigenvalue weighted by Gasteiger charge is -2.43. The van der Waals surface area contributed by atoms with Crippen LogP contribution in [0.15, 0.2) is 158 Å². The molecular weight excluding hydrogens is 635 g/mol. The van der Waals surface area contributed by atoms with Gasteiger partial charge in [0, 0.05) is 40.7 Å². The van der Waals surface area contributed by atoms with Crippen LogP contribution in [0.3, 0.4) is 0 Å². The highest BCUT2D eigenvalue weighted by Gasteiger charge is 2.41.